The number of carbonyl (C=O) groups excluding carboxylic acids is 1. The number of alkyl halides is 3. The predicted molar refractivity (Wildman–Crippen MR) is 134 cm³/mol. The Kier molecular flexibility index (Phi) is 8.28. The second-order valence-corrected chi connectivity index (χ2v) is 9.53. The van der Waals surface area contributed by atoms with Crippen molar-refractivity contribution >= 4 is 17.3 Å². The Morgan fingerprint density at radius 2 is 1.75 bits per heavy atom. The molecule has 1 N–H and O–H groups in total. The molecule has 1 aliphatic carbocycles. The number of ether oxygens (including phenoxy) is 2. The van der Waals surface area contributed by atoms with Crippen molar-refractivity contribution in [1.82, 2.24) is 4.90 Å². The Balaban J connectivity index is 1.18. The van der Waals surface area contributed by atoms with Gasteiger partial charge in [-0.25, -0.2) is 0 Å². The fourth-order valence-electron chi connectivity index (χ4n) is 4.93. The number of rotatable bonds is 7. The number of nitrogens with zero attached hydrogens (tertiary/aromatic N) is 2. The molecule has 1 saturated carbocycles. The fourth-order valence-corrected chi connectivity index (χ4v) is 4.93. The van der Waals surface area contributed by atoms with E-state index in [9.17, 15) is 18.0 Å². The van der Waals surface area contributed by atoms with Gasteiger partial charge in [-0.15, -0.1) is 0 Å². The lowest BCUT2D eigenvalue weighted by molar-refractivity contribution is -0.139. The standard InChI is InChI=1S/C27H34F3N3O3/c1-19-6-7-21(16-25(19)27(28,29)30)31-20-8-10-23(11-9-20)36-18-26(34)33-14-12-32(13-15-33)22-4-3-5-24(17-22)35-2/h3-7,16-17,20,23,31H,8-15,18H2,1-2H3. The molecule has 1 saturated heterocycles. The molecule has 196 valence electrons. The SMILES string of the molecule is COc1cccc(N2CCN(C(=O)COC3CCC(Nc4ccc(C)c(C(F)(F)F)c4)CC3)CC2)c1. The van der Waals surface area contributed by atoms with E-state index in [4.69, 9.17) is 9.47 Å². The van der Waals surface area contributed by atoms with Gasteiger partial charge in [0.25, 0.3) is 0 Å². The van der Waals surface area contributed by atoms with Gasteiger partial charge in [-0.2, -0.15) is 13.2 Å². The molecule has 0 spiro atoms. The minimum atomic E-state index is -4.36. The average Bonchev–Trinajstić information content (AvgIpc) is 2.88. The first kappa shape index (κ1) is 26.1. The zero-order valence-corrected chi connectivity index (χ0v) is 20.8. The minimum absolute atomic E-state index is 0.000115. The Morgan fingerprint density at radius 3 is 2.42 bits per heavy atom. The third-order valence-corrected chi connectivity index (χ3v) is 7.08. The molecule has 0 atom stereocenters. The summed E-state index contributed by atoms with van der Waals surface area (Å²) < 4.78 is 50.8. The summed E-state index contributed by atoms with van der Waals surface area (Å²) in [5, 5.41) is 3.24. The molecule has 2 aromatic rings. The number of aryl methyl sites for hydroxylation is 1. The Bertz CT molecular complexity index is 1030. The molecule has 9 heteroatoms. The fraction of sp³-hybridized carbons (Fsp3) is 0.519. The summed E-state index contributed by atoms with van der Waals surface area (Å²) in [7, 11) is 1.65. The van der Waals surface area contributed by atoms with Crippen molar-refractivity contribution in [1.29, 1.82) is 0 Å². The molecular weight excluding hydrogens is 471 g/mol. The number of hydrogen-bond donors (Lipinski definition) is 1. The highest BCUT2D eigenvalue weighted by Gasteiger charge is 2.33. The van der Waals surface area contributed by atoms with E-state index in [0.717, 1.165) is 50.2 Å². The number of halogens is 3. The van der Waals surface area contributed by atoms with Crippen LogP contribution in [0, 0.1) is 6.92 Å². The van der Waals surface area contributed by atoms with E-state index >= 15 is 0 Å². The van der Waals surface area contributed by atoms with Gasteiger partial charge >= 0.3 is 6.18 Å². The first-order valence-electron chi connectivity index (χ1n) is 12.5. The van der Waals surface area contributed by atoms with Crippen LogP contribution in [-0.4, -0.2) is 62.8 Å². The summed E-state index contributed by atoms with van der Waals surface area (Å²) in [5.41, 5.74) is 1.19. The molecule has 1 heterocycles. The summed E-state index contributed by atoms with van der Waals surface area (Å²) >= 11 is 0. The highest BCUT2D eigenvalue weighted by atomic mass is 19.4. The Hall–Kier alpha value is -2.94. The molecule has 1 amide bonds. The van der Waals surface area contributed by atoms with Crippen molar-refractivity contribution in [2.75, 3.05) is 50.1 Å². The number of nitrogens with one attached hydrogen (secondary N) is 1. The van der Waals surface area contributed by atoms with Crippen LogP contribution >= 0.6 is 0 Å². The lowest BCUT2D eigenvalue weighted by Gasteiger charge is -2.36. The number of hydrogen-bond acceptors (Lipinski definition) is 5. The van der Waals surface area contributed by atoms with Gasteiger partial charge in [-0.05, 0) is 62.4 Å². The second kappa shape index (κ2) is 11.4. The minimum Gasteiger partial charge on any atom is -0.497 e. The molecule has 0 bridgehead atoms. The van der Waals surface area contributed by atoms with Crippen LogP contribution < -0.4 is 15.0 Å². The summed E-state index contributed by atoms with van der Waals surface area (Å²) in [6.45, 7) is 4.33. The van der Waals surface area contributed by atoms with Gasteiger partial charge in [0.05, 0.1) is 18.8 Å². The highest BCUT2D eigenvalue weighted by Crippen LogP contribution is 2.34. The zero-order valence-electron chi connectivity index (χ0n) is 20.8. The van der Waals surface area contributed by atoms with Crippen LogP contribution in [0.3, 0.4) is 0 Å². The summed E-state index contributed by atoms with van der Waals surface area (Å²) in [6.07, 6.45) is -1.25. The third-order valence-electron chi connectivity index (χ3n) is 7.08. The van der Waals surface area contributed by atoms with Gasteiger partial charge in [0.15, 0.2) is 0 Å². The van der Waals surface area contributed by atoms with E-state index < -0.39 is 11.7 Å². The molecule has 6 nitrogen and oxygen atoms in total. The van der Waals surface area contributed by atoms with Crippen molar-refractivity contribution in [3.8, 4) is 5.75 Å². The molecule has 1 aliphatic heterocycles. The smallest absolute Gasteiger partial charge is 0.416 e. The predicted octanol–water partition coefficient (Wildman–Crippen LogP) is 5.11. The molecule has 2 aliphatic rings. The van der Waals surface area contributed by atoms with Crippen LogP contribution in [0.2, 0.25) is 0 Å². The molecule has 4 rings (SSSR count). The zero-order chi connectivity index (χ0) is 25.7. The van der Waals surface area contributed by atoms with Crippen molar-refractivity contribution in [2.24, 2.45) is 0 Å². The van der Waals surface area contributed by atoms with Gasteiger partial charge in [0.1, 0.15) is 12.4 Å². The summed E-state index contributed by atoms with van der Waals surface area (Å²) in [5.74, 6) is 0.814. The van der Waals surface area contributed by atoms with E-state index in [2.05, 4.69) is 10.2 Å². The topological polar surface area (TPSA) is 54.0 Å². The average molecular weight is 506 g/mol. The maximum absolute atomic E-state index is 13.2. The first-order chi connectivity index (χ1) is 17.2. The van der Waals surface area contributed by atoms with Crippen LogP contribution in [0.5, 0.6) is 5.75 Å². The lowest BCUT2D eigenvalue weighted by Crippen LogP contribution is -2.50. The van der Waals surface area contributed by atoms with E-state index in [0.29, 0.717) is 18.8 Å². The van der Waals surface area contributed by atoms with Crippen LogP contribution in [0.1, 0.15) is 36.8 Å². The van der Waals surface area contributed by atoms with Gasteiger partial charge in [0.2, 0.25) is 5.91 Å². The number of piperazine rings is 1. The molecule has 0 unspecified atom stereocenters. The van der Waals surface area contributed by atoms with E-state index in [1.807, 2.05) is 29.2 Å². The number of benzene rings is 2. The lowest BCUT2D eigenvalue weighted by atomic mass is 9.92. The Labute approximate surface area is 210 Å². The highest BCUT2D eigenvalue weighted by molar-refractivity contribution is 5.77. The number of amides is 1. The first-order valence-corrected chi connectivity index (χ1v) is 12.5. The van der Waals surface area contributed by atoms with Gasteiger partial charge in [-0.1, -0.05) is 12.1 Å². The molecule has 0 radical (unpaired) electrons. The molecule has 2 aromatic carbocycles. The quantitative estimate of drug-likeness (QED) is 0.567. The maximum Gasteiger partial charge on any atom is 0.416 e. The van der Waals surface area contributed by atoms with Gasteiger partial charge in [0, 0.05) is 49.7 Å². The monoisotopic (exact) mass is 505 g/mol. The van der Waals surface area contributed by atoms with Crippen molar-refractivity contribution in [3.05, 3.63) is 53.6 Å². The second-order valence-electron chi connectivity index (χ2n) is 9.53. The van der Waals surface area contributed by atoms with Gasteiger partial charge in [-0.3, -0.25) is 4.79 Å². The van der Waals surface area contributed by atoms with Crippen molar-refractivity contribution in [2.45, 2.75) is 50.9 Å². The van der Waals surface area contributed by atoms with Crippen molar-refractivity contribution < 1.29 is 27.4 Å². The van der Waals surface area contributed by atoms with E-state index in [1.165, 1.54) is 19.1 Å². The van der Waals surface area contributed by atoms with Crippen LogP contribution in [0.4, 0.5) is 24.5 Å². The normalized spacial score (nSPS) is 20.8. The van der Waals surface area contributed by atoms with Crippen LogP contribution in [0.25, 0.3) is 0 Å². The van der Waals surface area contributed by atoms with Crippen LogP contribution in [0.15, 0.2) is 42.5 Å². The molecule has 36 heavy (non-hydrogen) atoms. The van der Waals surface area contributed by atoms with Gasteiger partial charge < -0.3 is 24.6 Å². The third kappa shape index (κ3) is 6.63. The summed E-state index contributed by atoms with van der Waals surface area (Å²) in [4.78, 5) is 16.8. The summed E-state index contributed by atoms with van der Waals surface area (Å²) in [6, 6.07) is 12.4. The largest absolute Gasteiger partial charge is 0.497 e. The van der Waals surface area contributed by atoms with Crippen LogP contribution in [-0.2, 0) is 15.7 Å². The van der Waals surface area contributed by atoms with Crippen molar-refractivity contribution in [3.63, 3.8) is 0 Å². The molecule has 2 fully saturated rings. The molecular formula is C27H34F3N3O3. The van der Waals surface area contributed by atoms with E-state index in [1.54, 1.807) is 13.2 Å². The Morgan fingerprint density at radius 1 is 1.03 bits per heavy atom. The number of methoxy groups -OCH3 is 1. The molecule has 0 aromatic heterocycles. The van der Waals surface area contributed by atoms with E-state index in [-0.39, 0.29) is 30.2 Å². The number of carbonyl (C=O) groups is 1. The number of anilines is 2. The maximum atomic E-state index is 13.2.